The van der Waals surface area contributed by atoms with Crippen molar-refractivity contribution in [2.24, 2.45) is 5.73 Å². The summed E-state index contributed by atoms with van der Waals surface area (Å²) in [7, 11) is 0. The van der Waals surface area contributed by atoms with Gasteiger partial charge in [0, 0.05) is 27.1 Å². The Balaban J connectivity index is 2.73. The van der Waals surface area contributed by atoms with E-state index in [1.54, 1.807) is 17.7 Å². The van der Waals surface area contributed by atoms with Crippen LogP contribution in [0.5, 0.6) is 0 Å². The molecule has 1 unspecified atom stereocenters. The van der Waals surface area contributed by atoms with Crippen molar-refractivity contribution in [3.05, 3.63) is 34.4 Å². The lowest BCUT2D eigenvalue weighted by Gasteiger charge is -2.10. The van der Waals surface area contributed by atoms with Crippen LogP contribution in [-0.4, -0.2) is 16.8 Å². The summed E-state index contributed by atoms with van der Waals surface area (Å²) in [5, 5.41) is 0.808. The Morgan fingerprint density at radius 3 is 2.82 bits per heavy atom. The third-order valence-electron chi connectivity index (χ3n) is 2.78. The molecule has 0 radical (unpaired) electrons. The van der Waals surface area contributed by atoms with Gasteiger partial charge in [-0.15, -0.1) is 0 Å². The van der Waals surface area contributed by atoms with Crippen LogP contribution in [0.2, 0.25) is 0 Å². The largest absolute Gasteiger partial charge is 0.368 e. The van der Waals surface area contributed by atoms with Gasteiger partial charge in [-0.2, -0.15) is 0 Å². The van der Waals surface area contributed by atoms with Crippen molar-refractivity contribution in [2.75, 3.05) is 0 Å². The molecule has 0 fully saturated rings. The van der Waals surface area contributed by atoms with E-state index in [4.69, 9.17) is 5.73 Å². The van der Waals surface area contributed by atoms with Gasteiger partial charge < -0.3 is 10.3 Å². The molecule has 2 aromatic rings. The van der Waals surface area contributed by atoms with Crippen LogP contribution in [0.4, 0.5) is 0 Å². The van der Waals surface area contributed by atoms with E-state index in [2.05, 4.69) is 15.9 Å². The summed E-state index contributed by atoms with van der Waals surface area (Å²) in [4.78, 5) is 22.2. The van der Waals surface area contributed by atoms with Gasteiger partial charge in [0.1, 0.15) is 6.04 Å². The number of primary amides is 1. The van der Waals surface area contributed by atoms with Crippen LogP contribution < -0.4 is 5.73 Å². The van der Waals surface area contributed by atoms with Crippen LogP contribution in [-0.2, 0) is 4.79 Å². The molecule has 0 bridgehead atoms. The first kappa shape index (κ1) is 11.9. The molecule has 0 aliphatic rings. The maximum atomic E-state index is 11.2. The zero-order chi connectivity index (χ0) is 12.6. The molecule has 0 aliphatic carbocycles. The predicted octanol–water partition coefficient (Wildman–Crippen LogP) is 2.26. The topological polar surface area (TPSA) is 65.1 Å². The van der Waals surface area contributed by atoms with Crippen LogP contribution in [0.15, 0.2) is 28.9 Å². The molecule has 4 nitrogen and oxygen atoms in total. The van der Waals surface area contributed by atoms with Crippen molar-refractivity contribution < 1.29 is 9.59 Å². The summed E-state index contributed by atoms with van der Waals surface area (Å²) < 4.78 is 2.60. The van der Waals surface area contributed by atoms with Gasteiger partial charge in [0.25, 0.3) is 0 Å². The Kier molecular flexibility index (Phi) is 3.02. The highest BCUT2D eigenvalue weighted by Gasteiger charge is 2.16. The fraction of sp³-hybridized carbons (Fsp3) is 0.167. The van der Waals surface area contributed by atoms with Crippen molar-refractivity contribution >= 4 is 39.0 Å². The number of hydrogen-bond donors (Lipinski definition) is 1. The Bertz CT molecular complexity index is 604. The Morgan fingerprint density at radius 1 is 1.53 bits per heavy atom. The van der Waals surface area contributed by atoms with E-state index in [0.29, 0.717) is 5.56 Å². The number of amides is 1. The van der Waals surface area contributed by atoms with Crippen LogP contribution in [0.3, 0.4) is 0 Å². The maximum Gasteiger partial charge on any atom is 0.240 e. The molecule has 1 aromatic carbocycles. The van der Waals surface area contributed by atoms with Crippen LogP contribution in [0.1, 0.15) is 23.3 Å². The molecule has 1 heterocycles. The zero-order valence-corrected chi connectivity index (χ0v) is 10.8. The first-order valence-corrected chi connectivity index (χ1v) is 5.88. The zero-order valence-electron chi connectivity index (χ0n) is 9.18. The monoisotopic (exact) mass is 294 g/mol. The molecule has 0 spiro atoms. The SMILES string of the molecule is CC(C(N)=O)n1cc(C=O)c2cc(Br)ccc21. The minimum absolute atomic E-state index is 0.428. The molecule has 0 saturated heterocycles. The molecule has 1 amide bonds. The molecule has 0 aliphatic heterocycles. The third kappa shape index (κ3) is 1.98. The molecule has 2 N–H and O–H groups in total. The molecular formula is C12H11BrN2O2. The molecule has 88 valence electrons. The molecular weight excluding hydrogens is 284 g/mol. The molecule has 2 rings (SSSR count). The number of benzene rings is 1. The smallest absolute Gasteiger partial charge is 0.240 e. The van der Waals surface area contributed by atoms with E-state index in [1.165, 1.54) is 0 Å². The molecule has 5 heteroatoms. The Labute approximate surface area is 107 Å². The van der Waals surface area contributed by atoms with E-state index >= 15 is 0 Å². The van der Waals surface area contributed by atoms with E-state index in [1.807, 2.05) is 18.2 Å². The minimum Gasteiger partial charge on any atom is -0.368 e. The van der Waals surface area contributed by atoms with Gasteiger partial charge >= 0.3 is 0 Å². The summed E-state index contributed by atoms with van der Waals surface area (Å²) in [6, 6.07) is 5.09. The highest BCUT2D eigenvalue weighted by atomic mass is 79.9. The van der Waals surface area contributed by atoms with Gasteiger partial charge in [-0.1, -0.05) is 15.9 Å². The van der Waals surface area contributed by atoms with Crippen molar-refractivity contribution in [3.63, 3.8) is 0 Å². The molecule has 17 heavy (non-hydrogen) atoms. The van der Waals surface area contributed by atoms with Gasteiger partial charge in [0.15, 0.2) is 6.29 Å². The number of nitrogens with two attached hydrogens (primary N) is 1. The fourth-order valence-corrected chi connectivity index (χ4v) is 2.17. The molecule has 1 aromatic heterocycles. The summed E-state index contributed by atoms with van der Waals surface area (Å²) in [5.41, 5.74) is 6.65. The van der Waals surface area contributed by atoms with Gasteiger partial charge in [-0.05, 0) is 25.1 Å². The first-order chi connectivity index (χ1) is 8.04. The lowest BCUT2D eigenvalue weighted by Crippen LogP contribution is -2.23. The van der Waals surface area contributed by atoms with Crippen LogP contribution >= 0.6 is 15.9 Å². The highest BCUT2D eigenvalue weighted by Crippen LogP contribution is 2.26. The van der Waals surface area contributed by atoms with Gasteiger partial charge in [-0.25, -0.2) is 0 Å². The number of halogens is 1. The average molecular weight is 295 g/mol. The van der Waals surface area contributed by atoms with E-state index < -0.39 is 11.9 Å². The summed E-state index contributed by atoms with van der Waals surface area (Å²) in [5.74, 6) is -0.428. The number of rotatable bonds is 3. The molecule has 0 saturated carbocycles. The van der Waals surface area contributed by atoms with Crippen LogP contribution in [0, 0.1) is 0 Å². The number of carbonyl (C=O) groups excluding carboxylic acids is 2. The second-order valence-corrected chi connectivity index (χ2v) is 4.77. The standard InChI is InChI=1S/C12H11BrN2O2/c1-7(12(14)17)15-5-8(6-16)10-4-9(13)2-3-11(10)15/h2-7H,1H3,(H2,14,17). The van der Waals surface area contributed by atoms with E-state index in [9.17, 15) is 9.59 Å². The number of carbonyl (C=O) groups is 2. The van der Waals surface area contributed by atoms with Crippen molar-refractivity contribution in [2.45, 2.75) is 13.0 Å². The van der Waals surface area contributed by atoms with Gasteiger partial charge in [0.2, 0.25) is 5.91 Å². The Hall–Kier alpha value is -1.62. The van der Waals surface area contributed by atoms with E-state index in [-0.39, 0.29) is 0 Å². The van der Waals surface area contributed by atoms with Crippen LogP contribution in [0.25, 0.3) is 10.9 Å². The third-order valence-corrected chi connectivity index (χ3v) is 3.28. The maximum absolute atomic E-state index is 11.2. The fourth-order valence-electron chi connectivity index (χ4n) is 1.80. The summed E-state index contributed by atoms with van der Waals surface area (Å²) in [6.45, 7) is 1.71. The number of nitrogens with zero attached hydrogens (tertiary/aromatic N) is 1. The van der Waals surface area contributed by atoms with Gasteiger partial charge in [-0.3, -0.25) is 9.59 Å². The highest BCUT2D eigenvalue weighted by molar-refractivity contribution is 9.10. The predicted molar refractivity (Wildman–Crippen MR) is 68.9 cm³/mol. The normalized spacial score (nSPS) is 12.6. The quantitative estimate of drug-likeness (QED) is 0.883. The molecule has 1 atom stereocenters. The first-order valence-electron chi connectivity index (χ1n) is 5.09. The summed E-state index contributed by atoms with van der Waals surface area (Å²) in [6.07, 6.45) is 2.43. The number of hydrogen-bond acceptors (Lipinski definition) is 2. The number of fused-ring (bicyclic) bond motifs is 1. The van der Waals surface area contributed by atoms with E-state index in [0.717, 1.165) is 21.7 Å². The number of aldehydes is 1. The Morgan fingerprint density at radius 2 is 2.24 bits per heavy atom. The van der Waals surface area contributed by atoms with Gasteiger partial charge in [0.05, 0.1) is 0 Å². The second kappa shape index (κ2) is 4.33. The number of aromatic nitrogens is 1. The lowest BCUT2D eigenvalue weighted by molar-refractivity contribution is -0.120. The second-order valence-electron chi connectivity index (χ2n) is 3.85. The summed E-state index contributed by atoms with van der Waals surface area (Å²) >= 11 is 3.35. The van der Waals surface area contributed by atoms with Crippen molar-refractivity contribution in [3.8, 4) is 0 Å². The van der Waals surface area contributed by atoms with Crippen molar-refractivity contribution in [1.82, 2.24) is 4.57 Å². The lowest BCUT2D eigenvalue weighted by atomic mass is 10.2. The van der Waals surface area contributed by atoms with Crippen molar-refractivity contribution in [1.29, 1.82) is 0 Å². The average Bonchev–Trinajstić information content (AvgIpc) is 2.65. The minimum atomic E-state index is -0.479.